The normalized spacial score (nSPS) is 16.6. The van der Waals surface area contributed by atoms with Gasteiger partial charge in [0.2, 0.25) is 0 Å². The number of thiazole rings is 1. The van der Waals surface area contributed by atoms with Crippen LogP contribution < -0.4 is 5.32 Å². The van der Waals surface area contributed by atoms with Crippen molar-refractivity contribution >= 4 is 22.2 Å². The van der Waals surface area contributed by atoms with Crippen LogP contribution in [-0.4, -0.2) is 39.8 Å². The largest absolute Gasteiger partial charge is 0.340 e. The lowest BCUT2D eigenvalue weighted by atomic mass is 10.1. The number of imidazole rings is 1. The lowest BCUT2D eigenvalue weighted by molar-refractivity contribution is 0.0790. The van der Waals surface area contributed by atoms with E-state index in [1.165, 1.54) is 31.2 Å². The number of fused-ring (bicyclic) bond motifs is 1. The van der Waals surface area contributed by atoms with Crippen LogP contribution in [-0.2, 0) is 13.0 Å². The lowest BCUT2D eigenvalue weighted by Gasteiger charge is -2.19. The van der Waals surface area contributed by atoms with Gasteiger partial charge in [0.25, 0.3) is 5.91 Å². The van der Waals surface area contributed by atoms with Gasteiger partial charge in [0.1, 0.15) is 0 Å². The molecule has 0 aliphatic heterocycles. The minimum absolute atomic E-state index is 0.0167. The number of nitrogens with one attached hydrogen (secondary N) is 1. The molecule has 2 aliphatic rings. The third kappa shape index (κ3) is 4.09. The summed E-state index contributed by atoms with van der Waals surface area (Å²) in [5.74, 6) is 1.69. The van der Waals surface area contributed by atoms with Crippen LogP contribution in [0.1, 0.15) is 47.4 Å². The molecule has 1 N–H and O–H groups in total. The van der Waals surface area contributed by atoms with Gasteiger partial charge in [0.15, 0.2) is 10.7 Å². The minimum atomic E-state index is 0.0167. The zero-order valence-corrected chi connectivity index (χ0v) is 17.7. The first-order valence-corrected chi connectivity index (χ1v) is 11.6. The monoisotopic (exact) mass is 408 g/mol. The van der Waals surface area contributed by atoms with Crippen molar-refractivity contribution in [3.8, 4) is 0 Å². The molecule has 152 valence electrons. The molecule has 0 spiro atoms. The predicted molar refractivity (Wildman–Crippen MR) is 116 cm³/mol. The second-order valence-corrected chi connectivity index (χ2v) is 9.38. The maximum atomic E-state index is 13.2. The fourth-order valence-electron chi connectivity index (χ4n) is 4.24. The van der Waals surface area contributed by atoms with Crippen molar-refractivity contribution in [2.24, 2.45) is 11.8 Å². The van der Waals surface area contributed by atoms with Crippen molar-refractivity contribution < 1.29 is 4.79 Å². The Kier molecular flexibility index (Phi) is 5.14. The van der Waals surface area contributed by atoms with Crippen LogP contribution >= 0.6 is 11.3 Å². The van der Waals surface area contributed by atoms with E-state index in [4.69, 9.17) is 4.98 Å². The number of carbonyl (C=O) groups is 1. The summed E-state index contributed by atoms with van der Waals surface area (Å²) in [7, 11) is 1.88. The highest BCUT2D eigenvalue weighted by molar-refractivity contribution is 7.15. The summed E-state index contributed by atoms with van der Waals surface area (Å²) in [6.45, 7) is 1.40. The zero-order chi connectivity index (χ0) is 19.8. The van der Waals surface area contributed by atoms with Crippen LogP contribution in [0.5, 0.6) is 0 Å². The molecule has 2 saturated carbocycles. The van der Waals surface area contributed by atoms with E-state index < -0.39 is 0 Å². The molecular weight excluding hydrogens is 380 g/mol. The van der Waals surface area contributed by atoms with Gasteiger partial charge in [0, 0.05) is 37.8 Å². The van der Waals surface area contributed by atoms with Gasteiger partial charge in [-0.25, -0.2) is 4.98 Å². The van der Waals surface area contributed by atoms with Crippen molar-refractivity contribution in [3.63, 3.8) is 0 Å². The third-order valence-corrected chi connectivity index (χ3v) is 7.01. The highest BCUT2D eigenvalue weighted by atomic mass is 32.1. The molecule has 1 amide bonds. The van der Waals surface area contributed by atoms with Gasteiger partial charge in [-0.1, -0.05) is 30.3 Å². The minimum Gasteiger partial charge on any atom is -0.340 e. The van der Waals surface area contributed by atoms with Gasteiger partial charge < -0.3 is 10.2 Å². The first-order chi connectivity index (χ1) is 14.2. The maximum Gasteiger partial charge on any atom is 0.274 e. The van der Waals surface area contributed by atoms with Crippen molar-refractivity contribution in [2.75, 3.05) is 13.6 Å². The smallest absolute Gasteiger partial charge is 0.274 e. The van der Waals surface area contributed by atoms with E-state index in [-0.39, 0.29) is 5.91 Å². The van der Waals surface area contributed by atoms with Gasteiger partial charge in [-0.3, -0.25) is 9.20 Å². The number of hydrogen-bond acceptors (Lipinski definition) is 4. The quantitative estimate of drug-likeness (QED) is 0.582. The molecule has 3 aromatic rings. The van der Waals surface area contributed by atoms with Gasteiger partial charge in [-0.2, -0.15) is 0 Å². The topological polar surface area (TPSA) is 49.6 Å². The van der Waals surface area contributed by atoms with Crippen LogP contribution in [0.15, 0.2) is 41.9 Å². The summed E-state index contributed by atoms with van der Waals surface area (Å²) in [5, 5.41) is 5.83. The molecule has 5 nitrogen and oxygen atoms in total. The Morgan fingerprint density at radius 3 is 2.66 bits per heavy atom. The maximum absolute atomic E-state index is 13.2. The van der Waals surface area contributed by atoms with Crippen molar-refractivity contribution in [1.82, 2.24) is 19.6 Å². The molecule has 1 aromatic carbocycles. The highest BCUT2D eigenvalue weighted by Gasteiger charge is 2.41. The second-order valence-electron chi connectivity index (χ2n) is 8.51. The Labute approximate surface area is 175 Å². The van der Waals surface area contributed by atoms with E-state index in [1.54, 1.807) is 11.3 Å². The van der Waals surface area contributed by atoms with Gasteiger partial charge in [0.05, 0.1) is 5.69 Å². The second kappa shape index (κ2) is 7.92. The molecular formula is C23H28N4OS. The summed E-state index contributed by atoms with van der Waals surface area (Å²) in [5.41, 5.74) is 2.85. The zero-order valence-electron chi connectivity index (χ0n) is 16.9. The highest BCUT2D eigenvalue weighted by Crippen LogP contribution is 2.44. The molecule has 0 radical (unpaired) electrons. The van der Waals surface area contributed by atoms with Crippen LogP contribution in [0.2, 0.25) is 0 Å². The molecule has 0 unspecified atom stereocenters. The van der Waals surface area contributed by atoms with E-state index in [0.717, 1.165) is 28.9 Å². The molecule has 29 heavy (non-hydrogen) atoms. The number of carbonyl (C=O) groups excluding carboxylic acids is 1. The summed E-state index contributed by atoms with van der Waals surface area (Å²) >= 11 is 1.59. The number of rotatable bonds is 9. The number of likely N-dealkylation sites (N-methyl/N-ethyl adjacent to an activating group) is 1. The molecule has 2 heterocycles. The Balaban J connectivity index is 1.31. The number of amides is 1. The van der Waals surface area contributed by atoms with Gasteiger partial charge in [-0.15, -0.1) is 11.3 Å². The summed E-state index contributed by atoms with van der Waals surface area (Å²) in [4.78, 5) is 20.6. The standard InChI is InChI=1S/C23H28N4OS/c1-26(12-11-16-5-3-2-4-6-16)22(28)21-19(27-13-14-29-23(27)25-21)15-24-20(17-7-8-17)18-9-10-18/h2-6,13-14,17-18,20,24H,7-12,15H2,1H3. The lowest BCUT2D eigenvalue weighted by Crippen LogP contribution is -2.34. The predicted octanol–water partition coefficient (Wildman–Crippen LogP) is 3.99. The van der Waals surface area contributed by atoms with E-state index in [0.29, 0.717) is 24.8 Å². The van der Waals surface area contributed by atoms with E-state index in [9.17, 15) is 4.79 Å². The van der Waals surface area contributed by atoms with Gasteiger partial charge >= 0.3 is 0 Å². The van der Waals surface area contributed by atoms with Crippen molar-refractivity contribution in [3.05, 3.63) is 58.9 Å². The number of hydrogen-bond donors (Lipinski definition) is 1. The Morgan fingerprint density at radius 1 is 1.24 bits per heavy atom. The van der Waals surface area contributed by atoms with E-state index in [1.807, 2.05) is 41.7 Å². The molecule has 2 fully saturated rings. The third-order valence-electron chi connectivity index (χ3n) is 6.25. The average molecular weight is 409 g/mol. The molecule has 0 saturated heterocycles. The molecule has 0 bridgehead atoms. The van der Waals surface area contributed by atoms with Crippen LogP contribution in [0.4, 0.5) is 0 Å². The Bertz CT molecular complexity index is 975. The number of benzene rings is 1. The fraction of sp³-hybridized carbons (Fsp3) is 0.478. The van der Waals surface area contributed by atoms with Crippen LogP contribution in [0, 0.1) is 11.8 Å². The molecule has 2 aliphatic carbocycles. The van der Waals surface area contributed by atoms with E-state index in [2.05, 4.69) is 21.9 Å². The summed E-state index contributed by atoms with van der Waals surface area (Å²) < 4.78 is 2.09. The first-order valence-electron chi connectivity index (χ1n) is 10.7. The summed E-state index contributed by atoms with van der Waals surface area (Å²) in [6, 6.07) is 10.9. The van der Waals surface area contributed by atoms with Crippen LogP contribution in [0.3, 0.4) is 0 Å². The Hall–Kier alpha value is -2.18. The first kappa shape index (κ1) is 18.8. The Morgan fingerprint density at radius 2 is 1.97 bits per heavy atom. The number of nitrogens with zero attached hydrogens (tertiary/aromatic N) is 3. The average Bonchev–Trinajstić information content (AvgIpc) is 3.67. The van der Waals surface area contributed by atoms with Crippen molar-refractivity contribution in [1.29, 1.82) is 0 Å². The van der Waals surface area contributed by atoms with Crippen molar-refractivity contribution in [2.45, 2.75) is 44.7 Å². The molecule has 0 atom stereocenters. The fourth-order valence-corrected chi connectivity index (χ4v) is 4.97. The SMILES string of the molecule is CN(CCc1ccccc1)C(=O)c1nc2sccn2c1CNC(C1CC1)C1CC1. The van der Waals surface area contributed by atoms with Crippen LogP contribution in [0.25, 0.3) is 4.96 Å². The molecule has 2 aromatic heterocycles. The molecule has 6 heteroatoms. The summed E-state index contributed by atoms with van der Waals surface area (Å²) in [6.07, 6.45) is 8.29. The molecule has 5 rings (SSSR count). The number of aromatic nitrogens is 2. The van der Waals surface area contributed by atoms with E-state index >= 15 is 0 Å². The van der Waals surface area contributed by atoms with Gasteiger partial charge in [-0.05, 0) is 49.5 Å².